The Kier molecular flexibility index (Phi) is 4.75. The molecule has 2 N–H and O–H groups in total. The van der Waals surface area contributed by atoms with Gasteiger partial charge in [0.05, 0.1) is 7.11 Å². The van der Waals surface area contributed by atoms with Crippen molar-refractivity contribution in [1.82, 2.24) is 14.4 Å². The number of nitrogens with zero attached hydrogens (tertiary/aromatic N) is 3. The maximum absolute atomic E-state index is 6.25. The van der Waals surface area contributed by atoms with Crippen LogP contribution in [0.1, 0.15) is 36.6 Å². The highest BCUT2D eigenvalue weighted by atomic mass is 16.5. The number of nitrogen functional groups attached to an aromatic ring is 1. The first-order valence-electron chi connectivity index (χ1n) is 10.2. The Morgan fingerprint density at radius 2 is 1.93 bits per heavy atom. The van der Waals surface area contributed by atoms with Crippen molar-refractivity contribution in [2.75, 3.05) is 12.8 Å². The molecule has 0 aliphatic heterocycles. The molecular formula is C24H24N4O2. The summed E-state index contributed by atoms with van der Waals surface area (Å²) in [4.78, 5) is 9.29. The van der Waals surface area contributed by atoms with E-state index in [2.05, 4.69) is 9.38 Å². The first-order chi connectivity index (χ1) is 14.7. The van der Waals surface area contributed by atoms with Crippen molar-refractivity contribution >= 4 is 11.3 Å². The molecule has 1 saturated carbocycles. The number of nitrogens with two attached hydrogens (primary N) is 1. The second kappa shape index (κ2) is 7.71. The lowest BCUT2D eigenvalue weighted by Crippen LogP contribution is -2.12. The number of anilines is 1. The van der Waals surface area contributed by atoms with Gasteiger partial charge in [-0.05, 0) is 42.7 Å². The van der Waals surface area contributed by atoms with Gasteiger partial charge in [-0.25, -0.2) is 9.97 Å². The van der Waals surface area contributed by atoms with Gasteiger partial charge < -0.3 is 15.2 Å². The molecule has 6 nitrogen and oxygen atoms in total. The van der Waals surface area contributed by atoms with E-state index < -0.39 is 0 Å². The lowest BCUT2D eigenvalue weighted by molar-refractivity contribution is 0.305. The fourth-order valence-corrected chi connectivity index (χ4v) is 3.90. The van der Waals surface area contributed by atoms with Crippen molar-refractivity contribution in [1.29, 1.82) is 0 Å². The van der Waals surface area contributed by atoms with Crippen LogP contribution >= 0.6 is 0 Å². The van der Waals surface area contributed by atoms with E-state index in [-0.39, 0.29) is 0 Å². The Morgan fingerprint density at radius 3 is 2.73 bits per heavy atom. The lowest BCUT2D eigenvalue weighted by atomic mass is 9.85. The zero-order chi connectivity index (χ0) is 20.5. The SMILES string of the molecule is COc1cccc(COc2cccc(-c3nc(C4CCC4)n4ccnc(N)c34)c2)c1. The van der Waals surface area contributed by atoms with Crippen LogP contribution in [0.3, 0.4) is 0 Å². The molecule has 0 amide bonds. The fraction of sp³-hybridized carbons (Fsp3) is 0.250. The van der Waals surface area contributed by atoms with Crippen molar-refractivity contribution in [3.05, 3.63) is 72.3 Å². The third-order valence-electron chi connectivity index (χ3n) is 5.73. The van der Waals surface area contributed by atoms with E-state index >= 15 is 0 Å². The minimum atomic E-state index is 0.460. The second-order valence-electron chi connectivity index (χ2n) is 7.65. The number of methoxy groups -OCH3 is 1. The summed E-state index contributed by atoms with van der Waals surface area (Å²) in [5.41, 5.74) is 10.00. The Labute approximate surface area is 175 Å². The highest BCUT2D eigenvalue weighted by molar-refractivity contribution is 5.85. The number of rotatable bonds is 6. The van der Waals surface area contributed by atoms with Crippen LogP contribution in [0, 0.1) is 0 Å². The molecule has 1 fully saturated rings. The van der Waals surface area contributed by atoms with E-state index in [1.807, 2.05) is 54.7 Å². The molecule has 0 spiro atoms. The molecule has 4 aromatic rings. The fourth-order valence-electron chi connectivity index (χ4n) is 3.90. The molecule has 0 saturated heterocycles. The summed E-state index contributed by atoms with van der Waals surface area (Å²) in [6.45, 7) is 0.460. The summed E-state index contributed by atoms with van der Waals surface area (Å²) in [6.07, 6.45) is 7.29. The molecule has 152 valence electrons. The molecule has 0 radical (unpaired) electrons. The first kappa shape index (κ1) is 18.5. The van der Waals surface area contributed by atoms with Crippen molar-refractivity contribution in [2.45, 2.75) is 31.8 Å². The molecule has 30 heavy (non-hydrogen) atoms. The largest absolute Gasteiger partial charge is 0.497 e. The van der Waals surface area contributed by atoms with Gasteiger partial charge in [0.2, 0.25) is 0 Å². The van der Waals surface area contributed by atoms with Gasteiger partial charge in [0.15, 0.2) is 0 Å². The van der Waals surface area contributed by atoms with Gasteiger partial charge in [0.25, 0.3) is 0 Å². The molecule has 1 aliphatic carbocycles. The summed E-state index contributed by atoms with van der Waals surface area (Å²) in [6, 6.07) is 15.9. The topological polar surface area (TPSA) is 74.7 Å². The summed E-state index contributed by atoms with van der Waals surface area (Å²) in [5, 5.41) is 0. The Morgan fingerprint density at radius 1 is 1.10 bits per heavy atom. The van der Waals surface area contributed by atoms with Gasteiger partial charge >= 0.3 is 0 Å². The van der Waals surface area contributed by atoms with Crippen LogP contribution in [0.2, 0.25) is 0 Å². The third-order valence-corrected chi connectivity index (χ3v) is 5.73. The molecule has 1 aliphatic rings. The quantitative estimate of drug-likeness (QED) is 0.502. The summed E-state index contributed by atoms with van der Waals surface area (Å²) in [7, 11) is 1.66. The molecule has 2 aromatic carbocycles. The standard InChI is InChI=1S/C24H24N4O2/c1-29-19-9-2-5-16(13-19)15-30-20-10-4-8-18(14-20)21-22-23(25)26-11-12-28(22)24(27-21)17-6-3-7-17/h2,4-5,8-14,17H,3,6-7,15H2,1H3,(H2,25,26). The molecule has 2 heterocycles. The highest BCUT2D eigenvalue weighted by Crippen LogP contribution is 2.39. The number of ether oxygens (including phenoxy) is 2. The van der Waals surface area contributed by atoms with Gasteiger partial charge in [-0.1, -0.05) is 30.7 Å². The van der Waals surface area contributed by atoms with Gasteiger partial charge in [-0.2, -0.15) is 0 Å². The smallest absolute Gasteiger partial charge is 0.150 e. The van der Waals surface area contributed by atoms with Crippen molar-refractivity contribution < 1.29 is 9.47 Å². The maximum atomic E-state index is 6.25. The third kappa shape index (κ3) is 3.34. The summed E-state index contributed by atoms with van der Waals surface area (Å²) >= 11 is 0. The van der Waals surface area contributed by atoms with Gasteiger partial charge in [-0.15, -0.1) is 0 Å². The molecule has 0 unspecified atom stereocenters. The molecule has 0 bridgehead atoms. The summed E-state index contributed by atoms with van der Waals surface area (Å²) < 4.78 is 13.4. The van der Waals surface area contributed by atoms with Gasteiger partial charge in [-0.3, -0.25) is 4.40 Å². The van der Waals surface area contributed by atoms with Crippen LogP contribution in [0.25, 0.3) is 16.8 Å². The van der Waals surface area contributed by atoms with E-state index in [0.29, 0.717) is 18.3 Å². The monoisotopic (exact) mass is 400 g/mol. The maximum Gasteiger partial charge on any atom is 0.150 e. The number of aromatic nitrogens is 3. The summed E-state index contributed by atoms with van der Waals surface area (Å²) in [5.74, 6) is 3.65. The van der Waals surface area contributed by atoms with Gasteiger partial charge in [0.1, 0.15) is 41.0 Å². The van der Waals surface area contributed by atoms with E-state index in [4.69, 9.17) is 20.2 Å². The van der Waals surface area contributed by atoms with Crippen LogP contribution in [0.5, 0.6) is 11.5 Å². The molecule has 5 rings (SSSR count). The predicted molar refractivity (Wildman–Crippen MR) is 117 cm³/mol. The Hall–Kier alpha value is -3.54. The van der Waals surface area contributed by atoms with E-state index in [0.717, 1.165) is 39.7 Å². The normalized spacial score (nSPS) is 13.9. The lowest BCUT2D eigenvalue weighted by Gasteiger charge is -2.23. The van der Waals surface area contributed by atoms with Crippen molar-refractivity contribution in [2.24, 2.45) is 0 Å². The Balaban J connectivity index is 1.47. The average molecular weight is 400 g/mol. The highest BCUT2D eigenvalue weighted by Gasteiger charge is 2.26. The molecule has 0 atom stereocenters. The van der Waals surface area contributed by atoms with Crippen LogP contribution in [-0.2, 0) is 6.61 Å². The van der Waals surface area contributed by atoms with Crippen molar-refractivity contribution in [3.63, 3.8) is 0 Å². The zero-order valence-corrected chi connectivity index (χ0v) is 16.9. The average Bonchev–Trinajstić information content (AvgIpc) is 3.12. The van der Waals surface area contributed by atoms with E-state index in [1.165, 1.54) is 19.3 Å². The predicted octanol–water partition coefficient (Wildman–Crippen LogP) is 4.83. The van der Waals surface area contributed by atoms with Crippen LogP contribution < -0.4 is 15.2 Å². The van der Waals surface area contributed by atoms with E-state index in [9.17, 15) is 0 Å². The van der Waals surface area contributed by atoms with Gasteiger partial charge in [0, 0.05) is 23.9 Å². The molecule has 2 aromatic heterocycles. The number of hydrogen-bond donors (Lipinski definition) is 1. The first-order valence-corrected chi connectivity index (χ1v) is 10.2. The van der Waals surface area contributed by atoms with E-state index in [1.54, 1.807) is 13.3 Å². The second-order valence-corrected chi connectivity index (χ2v) is 7.65. The zero-order valence-electron chi connectivity index (χ0n) is 16.9. The van der Waals surface area contributed by atoms with Crippen molar-refractivity contribution in [3.8, 4) is 22.8 Å². The number of hydrogen-bond acceptors (Lipinski definition) is 5. The Bertz CT molecular complexity index is 1200. The number of benzene rings is 2. The minimum Gasteiger partial charge on any atom is -0.497 e. The minimum absolute atomic E-state index is 0.460. The number of fused-ring (bicyclic) bond motifs is 1. The van der Waals surface area contributed by atoms with Crippen LogP contribution in [0.4, 0.5) is 5.82 Å². The molecule has 6 heteroatoms. The number of imidazole rings is 1. The van der Waals surface area contributed by atoms with Crippen LogP contribution in [0.15, 0.2) is 60.9 Å². The van der Waals surface area contributed by atoms with Crippen LogP contribution in [-0.4, -0.2) is 21.5 Å². The molecular weight excluding hydrogens is 376 g/mol.